The van der Waals surface area contributed by atoms with Crippen LogP contribution in [-0.4, -0.2) is 10.8 Å². The monoisotopic (exact) mass is 246 g/mol. The van der Waals surface area contributed by atoms with E-state index in [1.54, 1.807) is 18.3 Å². The maximum absolute atomic E-state index is 11.1. The van der Waals surface area contributed by atoms with Gasteiger partial charge in [-0.1, -0.05) is 0 Å². The van der Waals surface area contributed by atoms with Gasteiger partial charge in [-0.3, -0.25) is 4.79 Å². The Morgan fingerprint density at radius 3 is 2.59 bits per heavy atom. The van der Waals surface area contributed by atoms with Gasteiger partial charge >= 0.3 is 0 Å². The molecule has 1 N–H and O–H groups in total. The molecule has 1 aromatic carbocycles. The molecule has 0 fully saturated rings. The van der Waals surface area contributed by atoms with Crippen molar-refractivity contribution >= 4 is 22.8 Å². The van der Waals surface area contributed by atoms with Gasteiger partial charge in [-0.25, -0.2) is 4.98 Å². The molecule has 0 spiro atoms. The van der Waals surface area contributed by atoms with E-state index in [0.29, 0.717) is 0 Å². The molecule has 0 aliphatic rings. The summed E-state index contributed by atoms with van der Waals surface area (Å²) >= 11 is 1.69. The van der Waals surface area contributed by atoms with Crippen molar-refractivity contribution in [1.29, 1.82) is 0 Å². The Kier molecular flexibility index (Phi) is 3.54. The summed E-state index contributed by atoms with van der Waals surface area (Å²) in [5.74, 6) is 0.0923. The number of hydrogen-bond donors (Lipinski definition) is 1. The number of thiazole rings is 1. The molecule has 0 radical (unpaired) electrons. The van der Waals surface area contributed by atoms with Crippen molar-refractivity contribution in [2.24, 2.45) is 0 Å². The van der Waals surface area contributed by atoms with E-state index >= 15 is 0 Å². The summed E-state index contributed by atoms with van der Waals surface area (Å²) in [6, 6.07) is 7.51. The van der Waals surface area contributed by atoms with E-state index in [1.807, 2.05) is 37.4 Å². The molecule has 1 heterocycles. The predicted octanol–water partition coefficient (Wildman–Crippen LogP) is 3.27. The smallest absolute Gasteiger partial charge is 0.159 e. The second kappa shape index (κ2) is 5.10. The number of Topliss-reactive ketones (excluding diaryl/α,β-unsaturated/α-hetero) is 1. The van der Waals surface area contributed by atoms with Crippen molar-refractivity contribution in [3.05, 3.63) is 45.9 Å². The highest BCUT2D eigenvalue weighted by Gasteiger charge is 2.00. The summed E-state index contributed by atoms with van der Waals surface area (Å²) in [6.45, 7) is 4.34. The first-order valence-electron chi connectivity index (χ1n) is 5.41. The minimum absolute atomic E-state index is 0.0923. The Morgan fingerprint density at radius 2 is 2.06 bits per heavy atom. The zero-order valence-corrected chi connectivity index (χ0v) is 10.7. The second-order valence-electron chi connectivity index (χ2n) is 3.83. The van der Waals surface area contributed by atoms with Gasteiger partial charge in [0, 0.05) is 22.3 Å². The maximum Gasteiger partial charge on any atom is 0.159 e. The number of carbonyl (C=O) groups excluding carboxylic acids is 1. The number of rotatable bonds is 4. The largest absolute Gasteiger partial charge is 0.380 e. The third kappa shape index (κ3) is 3.14. The summed E-state index contributed by atoms with van der Waals surface area (Å²) in [7, 11) is 0. The summed E-state index contributed by atoms with van der Waals surface area (Å²) < 4.78 is 0. The lowest BCUT2D eigenvalue weighted by Gasteiger charge is -2.04. The van der Waals surface area contributed by atoms with E-state index in [4.69, 9.17) is 0 Å². The number of ketones is 1. The van der Waals surface area contributed by atoms with E-state index < -0.39 is 0 Å². The number of hydrogen-bond acceptors (Lipinski definition) is 4. The van der Waals surface area contributed by atoms with Crippen molar-refractivity contribution in [2.75, 3.05) is 5.32 Å². The van der Waals surface area contributed by atoms with Crippen LogP contribution in [-0.2, 0) is 6.54 Å². The van der Waals surface area contributed by atoms with E-state index in [9.17, 15) is 4.79 Å². The third-order valence-corrected chi connectivity index (χ3v) is 3.34. The van der Waals surface area contributed by atoms with Crippen LogP contribution in [0.5, 0.6) is 0 Å². The van der Waals surface area contributed by atoms with Crippen molar-refractivity contribution in [3.63, 3.8) is 0 Å². The van der Waals surface area contributed by atoms with Crippen molar-refractivity contribution < 1.29 is 4.79 Å². The van der Waals surface area contributed by atoms with Gasteiger partial charge in [-0.15, -0.1) is 11.3 Å². The van der Waals surface area contributed by atoms with E-state index in [0.717, 1.165) is 22.8 Å². The maximum atomic E-state index is 11.1. The average Bonchev–Trinajstić information content (AvgIpc) is 2.73. The van der Waals surface area contributed by atoms with Gasteiger partial charge in [0.25, 0.3) is 0 Å². The van der Waals surface area contributed by atoms with Crippen LogP contribution >= 0.6 is 11.3 Å². The molecule has 0 aliphatic carbocycles. The number of carbonyl (C=O) groups is 1. The Bertz CT molecular complexity index is 516. The van der Waals surface area contributed by atoms with Gasteiger partial charge in [0.1, 0.15) is 0 Å². The fraction of sp³-hybridized carbons (Fsp3) is 0.231. The molecule has 1 aromatic heterocycles. The molecule has 2 rings (SSSR count). The number of benzene rings is 1. The van der Waals surface area contributed by atoms with E-state index in [2.05, 4.69) is 10.3 Å². The first-order valence-corrected chi connectivity index (χ1v) is 6.23. The topological polar surface area (TPSA) is 42.0 Å². The molecule has 0 atom stereocenters. The first kappa shape index (κ1) is 11.8. The summed E-state index contributed by atoms with van der Waals surface area (Å²) in [5, 5.41) is 4.38. The van der Waals surface area contributed by atoms with Crippen LogP contribution in [0.3, 0.4) is 0 Å². The lowest BCUT2D eigenvalue weighted by molar-refractivity contribution is 0.101. The van der Waals surface area contributed by atoms with Crippen LogP contribution in [0.1, 0.15) is 27.2 Å². The fourth-order valence-electron chi connectivity index (χ4n) is 1.50. The zero-order chi connectivity index (χ0) is 12.3. The standard InChI is InChI=1S/C13H14N2OS/c1-9(16)11-3-5-12(6-4-11)15-8-13-7-14-10(2)17-13/h3-7,15H,8H2,1-2H3. The molecule has 0 saturated heterocycles. The first-order chi connectivity index (χ1) is 8.15. The quantitative estimate of drug-likeness (QED) is 0.842. The van der Waals surface area contributed by atoms with Gasteiger partial charge in [0.05, 0.1) is 11.6 Å². The molecule has 0 amide bonds. The van der Waals surface area contributed by atoms with Gasteiger partial charge in [0.15, 0.2) is 5.78 Å². The predicted molar refractivity (Wildman–Crippen MR) is 70.6 cm³/mol. The van der Waals surface area contributed by atoms with Crippen LogP contribution < -0.4 is 5.32 Å². The van der Waals surface area contributed by atoms with Crippen LogP contribution in [0.4, 0.5) is 5.69 Å². The SMILES string of the molecule is CC(=O)c1ccc(NCc2cnc(C)s2)cc1. The normalized spacial score (nSPS) is 10.2. The summed E-state index contributed by atoms with van der Waals surface area (Å²) in [5.41, 5.74) is 1.75. The number of aromatic nitrogens is 1. The lowest BCUT2D eigenvalue weighted by Crippen LogP contribution is -1.98. The molecular formula is C13H14N2OS. The number of nitrogens with one attached hydrogen (secondary N) is 1. The lowest BCUT2D eigenvalue weighted by atomic mass is 10.1. The molecule has 0 unspecified atom stereocenters. The molecule has 0 saturated carbocycles. The minimum Gasteiger partial charge on any atom is -0.380 e. The van der Waals surface area contributed by atoms with Gasteiger partial charge < -0.3 is 5.32 Å². The fourth-order valence-corrected chi connectivity index (χ4v) is 2.23. The van der Waals surface area contributed by atoms with Crippen LogP contribution in [0, 0.1) is 6.92 Å². The van der Waals surface area contributed by atoms with Gasteiger partial charge in [0.2, 0.25) is 0 Å². The highest BCUT2D eigenvalue weighted by atomic mass is 32.1. The molecule has 0 bridgehead atoms. The Balaban J connectivity index is 1.97. The summed E-state index contributed by atoms with van der Waals surface area (Å²) in [6.07, 6.45) is 1.89. The van der Waals surface area contributed by atoms with Crippen molar-refractivity contribution in [1.82, 2.24) is 4.98 Å². The van der Waals surface area contributed by atoms with Gasteiger partial charge in [-0.05, 0) is 38.1 Å². The Labute approximate surface area is 105 Å². The van der Waals surface area contributed by atoms with E-state index in [1.165, 1.54) is 4.88 Å². The van der Waals surface area contributed by atoms with Crippen molar-refractivity contribution in [2.45, 2.75) is 20.4 Å². The summed E-state index contributed by atoms with van der Waals surface area (Å²) in [4.78, 5) is 16.5. The highest BCUT2D eigenvalue weighted by molar-refractivity contribution is 7.11. The molecule has 17 heavy (non-hydrogen) atoms. The molecule has 88 valence electrons. The number of aryl methyl sites for hydroxylation is 1. The minimum atomic E-state index is 0.0923. The van der Waals surface area contributed by atoms with Crippen LogP contribution in [0.15, 0.2) is 30.5 Å². The molecule has 3 nitrogen and oxygen atoms in total. The molecule has 4 heteroatoms. The number of nitrogens with zero attached hydrogens (tertiary/aromatic N) is 1. The Hall–Kier alpha value is -1.68. The number of anilines is 1. The van der Waals surface area contributed by atoms with Crippen LogP contribution in [0.2, 0.25) is 0 Å². The van der Waals surface area contributed by atoms with E-state index in [-0.39, 0.29) is 5.78 Å². The molecule has 0 aliphatic heterocycles. The second-order valence-corrected chi connectivity index (χ2v) is 5.15. The van der Waals surface area contributed by atoms with Crippen molar-refractivity contribution in [3.8, 4) is 0 Å². The molecule has 2 aromatic rings. The average molecular weight is 246 g/mol. The third-order valence-electron chi connectivity index (χ3n) is 2.43. The van der Waals surface area contributed by atoms with Gasteiger partial charge in [-0.2, -0.15) is 0 Å². The van der Waals surface area contributed by atoms with Crippen LogP contribution in [0.25, 0.3) is 0 Å². The zero-order valence-electron chi connectivity index (χ0n) is 9.86. The molecular weight excluding hydrogens is 232 g/mol. The highest BCUT2D eigenvalue weighted by Crippen LogP contribution is 2.15. The Morgan fingerprint density at radius 1 is 1.35 bits per heavy atom.